The van der Waals surface area contributed by atoms with Gasteiger partial charge in [0.1, 0.15) is 83.7 Å². The van der Waals surface area contributed by atoms with Crippen molar-refractivity contribution in [2.75, 3.05) is 13.2 Å². The van der Waals surface area contributed by atoms with Crippen LogP contribution < -0.4 is 14.9 Å². The van der Waals surface area contributed by atoms with Crippen LogP contribution >= 0.6 is 0 Å². The molecule has 0 radical (unpaired) electrons. The van der Waals surface area contributed by atoms with Crippen LogP contribution in [-0.2, 0) is 23.8 Å². The van der Waals surface area contributed by atoms with Gasteiger partial charge in [0.2, 0.25) is 18.3 Å². The number of hydrogen-bond acceptors (Lipinski definition) is 20. The molecule has 5 rings (SSSR count). The molecule has 296 valence electrons. The molecule has 0 amide bonds. The standard InChI is InChI=1S/C33H38O21/c1-33(48,7-21(38)39)8-22(40)49-10-20-26(43)28(45)30(47)32(54-20)52-18-3-11(2-15(37)24(18)41)16-6-14(36)23-13(35)4-12(5-17(23)51-16)50-31-29(46)27(44)25(42)19(9-34)53-31/h2-6,19-20,25-32,34-35,37,41-48H,7-10H2,1H3,(H,38,39)/t19?,20?,25-,26-,27+,28+,29?,30?,31-,32-,33?/m1/s1. The third kappa shape index (κ3) is 8.60. The Bertz CT molecular complexity index is 1910. The van der Waals surface area contributed by atoms with Crippen LogP contribution in [0, 0.1) is 0 Å². The molecule has 2 aliphatic heterocycles. The van der Waals surface area contributed by atoms with E-state index in [1.165, 1.54) is 0 Å². The first-order valence-electron chi connectivity index (χ1n) is 16.1. The first-order chi connectivity index (χ1) is 25.3. The summed E-state index contributed by atoms with van der Waals surface area (Å²) < 4.78 is 32.6. The zero-order valence-electron chi connectivity index (χ0n) is 28.0. The summed E-state index contributed by atoms with van der Waals surface area (Å²) in [7, 11) is 0. The molecule has 0 spiro atoms. The molecule has 0 aliphatic carbocycles. The number of esters is 1. The molecule has 1 aromatic heterocycles. The van der Waals surface area contributed by atoms with E-state index in [-0.39, 0.29) is 28.0 Å². The smallest absolute Gasteiger partial charge is 0.308 e. The number of phenolic OH excluding ortho intramolecular Hbond substituents is 3. The van der Waals surface area contributed by atoms with Gasteiger partial charge in [0.05, 0.1) is 25.0 Å². The fraction of sp³-hybridized carbons (Fsp3) is 0.485. The maximum absolute atomic E-state index is 13.1. The predicted octanol–water partition coefficient (Wildman–Crippen LogP) is -2.90. The number of carbonyl (C=O) groups excluding carboxylic acids is 1. The summed E-state index contributed by atoms with van der Waals surface area (Å²) in [6.07, 6.45) is -19.1. The molecule has 12 N–H and O–H groups in total. The average molecular weight is 771 g/mol. The quantitative estimate of drug-likeness (QED) is 0.0649. The van der Waals surface area contributed by atoms with Crippen molar-refractivity contribution in [1.29, 1.82) is 0 Å². The second-order valence-electron chi connectivity index (χ2n) is 13.0. The Kier molecular flexibility index (Phi) is 11.9. The van der Waals surface area contributed by atoms with Gasteiger partial charge in [-0.05, 0) is 19.1 Å². The SMILES string of the molecule is CC(O)(CC(=O)O)CC(=O)OCC1O[C@@H](Oc2cc(-c3cc(=O)c4c(O)cc(O[C@@H]5OC(CO)[C@@H](O)[C@H](O)C5O)cc4o3)cc(O)c2O)C(O)[C@@H](O)[C@@H]1O. The Morgan fingerprint density at radius 3 is 2.02 bits per heavy atom. The van der Waals surface area contributed by atoms with E-state index in [4.69, 9.17) is 33.2 Å². The number of aromatic hydroxyl groups is 3. The van der Waals surface area contributed by atoms with Gasteiger partial charge in [-0.1, -0.05) is 0 Å². The van der Waals surface area contributed by atoms with Crippen molar-refractivity contribution in [3.8, 4) is 40.1 Å². The zero-order chi connectivity index (χ0) is 39.8. The Morgan fingerprint density at radius 1 is 0.778 bits per heavy atom. The van der Waals surface area contributed by atoms with Crippen LogP contribution in [0.3, 0.4) is 0 Å². The van der Waals surface area contributed by atoms with Crippen LogP contribution in [0.1, 0.15) is 19.8 Å². The van der Waals surface area contributed by atoms with Crippen LogP contribution in [0.4, 0.5) is 0 Å². The number of aliphatic hydroxyl groups is 8. The first kappa shape index (κ1) is 40.4. The minimum Gasteiger partial charge on any atom is -0.507 e. The molecule has 2 fully saturated rings. The predicted molar refractivity (Wildman–Crippen MR) is 173 cm³/mol. The lowest BCUT2D eigenvalue weighted by molar-refractivity contribution is -0.278. The van der Waals surface area contributed by atoms with E-state index in [1.54, 1.807) is 0 Å². The second kappa shape index (κ2) is 15.9. The van der Waals surface area contributed by atoms with Gasteiger partial charge >= 0.3 is 11.9 Å². The Morgan fingerprint density at radius 2 is 1.39 bits per heavy atom. The number of carbonyl (C=O) groups is 2. The van der Waals surface area contributed by atoms with Crippen LogP contribution in [0.15, 0.2) is 39.5 Å². The van der Waals surface area contributed by atoms with E-state index >= 15 is 0 Å². The molecule has 2 aliphatic rings. The molecular weight excluding hydrogens is 732 g/mol. The number of fused-ring (bicyclic) bond motifs is 1. The van der Waals surface area contributed by atoms with Crippen LogP contribution in [0.5, 0.6) is 28.7 Å². The summed E-state index contributed by atoms with van der Waals surface area (Å²) in [5.74, 6) is -6.09. The fourth-order valence-electron chi connectivity index (χ4n) is 5.78. The number of ether oxygens (including phenoxy) is 5. The maximum Gasteiger partial charge on any atom is 0.308 e. The van der Waals surface area contributed by atoms with Crippen molar-refractivity contribution in [2.45, 2.75) is 86.8 Å². The molecular formula is C33H38O21. The van der Waals surface area contributed by atoms with E-state index in [0.717, 1.165) is 37.3 Å². The minimum atomic E-state index is -2.00. The van der Waals surface area contributed by atoms with Gasteiger partial charge in [0.15, 0.2) is 16.9 Å². The molecule has 2 saturated heterocycles. The lowest BCUT2D eigenvalue weighted by atomic mass is 9.98. The highest BCUT2D eigenvalue weighted by molar-refractivity contribution is 5.86. The molecule has 0 saturated carbocycles. The van der Waals surface area contributed by atoms with Crippen molar-refractivity contribution in [3.05, 3.63) is 40.6 Å². The monoisotopic (exact) mass is 770 g/mol. The van der Waals surface area contributed by atoms with Crippen LogP contribution in [0.25, 0.3) is 22.3 Å². The summed E-state index contributed by atoms with van der Waals surface area (Å²) in [6, 6.07) is 4.92. The van der Waals surface area contributed by atoms with Crippen molar-refractivity contribution >= 4 is 22.9 Å². The highest BCUT2D eigenvalue weighted by atomic mass is 16.7. The second-order valence-corrected chi connectivity index (χ2v) is 13.0. The summed E-state index contributed by atoms with van der Waals surface area (Å²) >= 11 is 0. The van der Waals surface area contributed by atoms with E-state index in [9.17, 15) is 70.6 Å². The van der Waals surface area contributed by atoms with E-state index in [0.29, 0.717) is 0 Å². The average Bonchev–Trinajstić information content (AvgIpc) is 3.08. The van der Waals surface area contributed by atoms with Crippen molar-refractivity contribution in [3.63, 3.8) is 0 Å². The molecule has 21 nitrogen and oxygen atoms in total. The van der Waals surface area contributed by atoms with Crippen LogP contribution in [-0.4, -0.2) is 153 Å². The Balaban J connectivity index is 1.38. The van der Waals surface area contributed by atoms with E-state index < -0.39 is 133 Å². The highest BCUT2D eigenvalue weighted by Gasteiger charge is 2.47. The summed E-state index contributed by atoms with van der Waals surface area (Å²) in [5.41, 5.74) is -3.26. The summed E-state index contributed by atoms with van der Waals surface area (Å²) in [5, 5.41) is 122. The normalized spacial score (nSPS) is 29.6. The van der Waals surface area contributed by atoms with Gasteiger partial charge in [-0.15, -0.1) is 0 Å². The molecule has 3 aromatic rings. The van der Waals surface area contributed by atoms with Crippen molar-refractivity contribution in [2.24, 2.45) is 0 Å². The largest absolute Gasteiger partial charge is 0.507 e. The molecule has 54 heavy (non-hydrogen) atoms. The Hall–Kier alpha value is -4.81. The summed E-state index contributed by atoms with van der Waals surface area (Å²) in [4.78, 5) is 36.3. The fourth-order valence-corrected chi connectivity index (χ4v) is 5.78. The van der Waals surface area contributed by atoms with Crippen molar-refractivity contribution < 1.29 is 99.0 Å². The van der Waals surface area contributed by atoms with Crippen LogP contribution in [0.2, 0.25) is 0 Å². The maximum atomic E-state index is 13.1. The van der Waals surface area contributed by atoms with Gasteiger partial charge < -0.3 is 89.4 Å². The number of aliphatic hydroxyl groups excluding tert-OH is 7. The molecule has 2 aromatic carbocycles. The van der Waals surface area contributed by atoms with E-state index in [1.807, 2.05) is 0 Å². The lowest BCUT2D eigenvalue weighted by Crippen LogP contribution is -2.60. The van der Waals surface area contributed by atoms with Gasteiger partial charge in [0.25, 0.3) is 0 Å². The van der Waals surface area contributed by atoms with Gasteiger partial charge in [-0.3, -0.25) is 14.4 Å². The number of aliphatic carboxylic acids is 1. The number of rotatable bonds is 12. The topological polar surface area (TPSA) is 353 Å². The Labute approximate surface area is 302 Å². The van der Waals surface area contributed by atoms with E-state index in [2.05, 4.69) is 0 Å². The number of phenols is 3. The molecule has 0 bridgehead atoms. The third-order valence-corrected chi connectivity index (χ3v) is 8.60. The third-order valence-electron chi connectivity index (χ3n) is 8.60. The van der Waals surface area contributed by atoms with Crippen molar-refractivity contribution in [1.82, 2.24) is 0 Å². The molecule has 21 heteroatoms. The van der Waals surface area contributed by atoms with Gasteiger partial charge in [0, 0.05) is 23.8 Å². The first-order valence-corrected chi connectivity index (χ1v) is 16.1. The molecule has 11 atom stereocenters. The number of benzene rings is 2. The summed E-state index contributed by atoms with van der Waals surface area (Å²) in [6.45, 7) is -0.438. The zero-order valence-corrected chi connectivity index (χ0v) is 28.0. The lowest BCUT2D eigenvalue weighted by Gasteiger charge is -2.40. The number of hydrogen-bond donors (Lipinski definition) is 12. The van der Waals surface area contributed by atoms with Gasteiger partial charge in [-0.2, -0.15) is 0 Å². The minimum absolute atomic E-state index is 0.149. The highest BCUT2D eigenvalue weighted by Crippen LogP contribution is 2.42. The number of carboxylic acid groups (broad SMARTS) is 1. The van der Waals surface area contributed by atoms with Gasteiger partial charge in [-0.25, -0.2) is 0 Å². The molecule has 5 unspecified atom stereocenters. The number of carboxylic acids is 1. The molecule has 3 heterocycles.